The van der Waals surface area contributed by atoms with E-state index >= 15 is 0 Å². The molecule has 3 aromatic rings. The second-order valence-corrected chi connectivity index (χ2v) is 5.97. The molecule has 0 N–H and O–H groups in total. The Kier molecular flexibility index (Phi) is 3.37. The van der Waals surface area contributed by atoms with Crippen LogP contribution in [0.2, 0.25) is 0 Å². The molecule has 4 rings (SSSR count). The quantitative estimate of drug-likeness (QED) is 0.746. The highest BCUT2D eigenvalue weighted by molar-refractivity contribution is 5.34. The molecule has 2 heterocycles. The summed E-state index contributed by atoms with van der Waals surface area (Å²) in [6, 6.07) is 18.4. The van der Waals surface area contributed by atoms with E-state index in [0.717, 1.165) is 30.8 Å². The summed E-state index contributed by atoms with van der Waals surface area (Å²) < 4.78 is 3.38. The van der Waals surface area contributed by atoms with Crippen LogP contribution in [0.25, 0.3) is 5.69 Å². The zero-order valence-corrected chi connectivity index (χ0v) is 13.1. The summed E-state index contributed by atoms with van der Waals surface area (Å²) in [5, 5.41) is 4.56. The number of nitrogens with zero attached hydrogens (tertiary/aromatic N) is 3. The van der Waals surface area contributed by atoms with Crippen LogP contribution in [0.5, 0.6) is 0 Å². The molecular formula is C19H19N3O. The molecule has 0 saturated carbocycles. The smallest absolute Gasteiger partial charge is 0.271 e. The Labute approximate surface area is 135 Å². The second kappa shape index (κ2) is 5.54. The fraction of sp³-hybridized carbons (Fsp3) is 0.263. The molecule has 4 nitrogen and oxygen atoms in total. The van der Waals surface area contributed by atoms with E-state index in [1.807, 2.05) is 34.9 Å². The summed E-state index contributed by atoms with van der Waals surface area (Å²) in [6.07, 6.45) is 2.77. The monoisotopic (exact) mass is 305 g/mol. The van der Waals surface area contributed by atoms with Gasteiger partial charge in [-0.2, -0.15) is 4.68 Å². The maximum absolute atomic E-state index is 12.9. The van der Waals surface area contributed by atoms with Crippen molar-refractivity contribution in [1.29, 1.82) is 0 Å². The normalized spacial score (nSPS) is 16.5. The molecule has 0 amide bonds. The number of aryl methyl sites for hydroxylation is 2. The maximum Gasteiger partial charge on any atom is 0.351 e. The van der Waals surface area contributed by atoms with Gasteiger partial charge >= 0.3 is 5.69 Å². The van der Waals surface area contributed by atoms with Crippen LogP contribution in [0, 0.1) is 0 Å². The average Bonchev–Trinajstić information content (AvgIpc) is 3.16. The first kappa shape index (κ1) is 14.0. The highest BCUT2D eigenvalue weighted by Crippen LogP contribution is 2.29. The zero-order chi connectivity index (χ0) is 15.8. The third kappa shape index (κ3) is 2.31. The molecule has 1 aliphatic rings. The standard InChI is InChI=1S/C19H19N3O/c1-2-14-8-10-16(11-9-14)22-19(23)21-17(12-13-18(21)20-22)15-6-4-3-5-7-15/h3-11,17H,2,12-13H2,1H3/t17-/m0/s1. The average molecular weight is 305 g/mol. The van der Waals surface area contributed by atoms with E-state index in [-0.39, 0.29) is 11.7 Å². The number of hydrogen-bond donors (Lipinski definition) is 0. The van der Waals surface area contributed by atoms with E-state index in [0.29, 0.717) is 0 Å². The molecule has 0 aliphatic carbocycles. The van der Waals surface area contributed by atoms with Gasteiger partial charge in [-0.1, -0.05) is 49.4 Å². The van der Waals surface area contributed by atoms with E-state index in [1.54, 1.807) is 0 Å². The zero-order valence-electron chi connectivity index (χ0n) is 13.1. The van der Waals surface area contributed by atoms with Gasteiger partial charge in [0, 0.05) is 6.42 Å². The summed E-state index contributed by atoms with van der Waals surface area (Å²) in [4.78, 5) is 12.9. The molecule has 0 bridgehead atoms. The fourth-order valence-electron chi connectivity index (χ4n) is 3.33. The minimum absolute atomic E-state index is 0.0457. The van der Waals surface area contributed by atoms with Gasteiger partial charge in [-0.3, -0.25) is 4.57 Å². The van der Waals surface area contributed by atoms with Crippen molar-refractivity contribution >= 4 is 0 Å². The predicted octanol–water partition coefficient (Wildman–Crippen LogP) is 3.13. The van der Waals surface area contributed by atoms with Crippen molar-refractivity contribution in [1.82, 2.24) is 14.3 Å². The molecule has 0 fully saturated rings. The van der Waals surface area contributed by atoms with Crippen molar-refractivity contribution in [2.75, 3.05) is 0 Å². The molecule has 4 heteroatoms. The fourth-order valence-corrected chi connectivity index (χ4v) is 3.33. The molecule has 0 spiro atoms. The van der Waals surface area contributed by atoms with Gasteiger partial charge in [0.15, 0.2) is 0 Å². The van der Waals surface area contributed by atoms with Crippen molar-refractivity contribution in [3.8, 4) is 5.69 Å². The summed E-state index contributed by atoms with van der Waals surface area (Å²) in [5.74, 6) is 0.878. The lowest BCUT2D eigenvalue weighted by Gasteiger charge is -2.11. The topological polar surface area (TPSA) is 39.8 Å². The highest BCUT2D eigenvalue weighted by atomic mass is 16.2. The Morgan fingerprint density at radius 3 is 2.52 bits per heavy atom. The van der Waals surface area contributed by atoms with Crippen molar-refractivity contribution in [3.63, 3.8) is 0 Å². The van der Waals surface area contributed by atoms with Gasteiger partial charge in [-0.05, 0) is 36.1 Å². The van der Waals surface area contributed by atoms with Crippen molar-refractivity contribution in [3.05, 3.63) is 82.0 Å². The molecule has 2 aromatic carbocycles. The number of hydrogen-bond acceptors (Lipinski definition) is 2. The minimum atomic E-state index is -0.0457. The van der Waals surface area contributed by atoms with Crippen LogP contribution < -0.4 is 5.69 Å². The summed E-state index contributed by atoms with van der Waals surface area (Å²) >= 11 is 0. The Bertz CT molecular complexity index is 875. The van der Waals surface area contributed by atoms with E-state index in [2.05, 4.69) is 36.3 Å². The lowest BCUT2D eigenvalue weighted by atomic mass is 10.1. The Morgan fingerprint density at radius 2 is 1.83 bits per heavy atom. The first-order valence-electron chi connectivity index (χ1n) is 8.12. The van der Waals surface area contributed by atoms with Crippen molar-refractivity contribution < 1.29 is 0 Å². The van der Waals surface area contributed by atoms with Gasteiger partial charge < -0.3 is 0 Å². The van der Waals surface area contributed by atoms with Gasteiger partial charge in [-0.15, -0.1) is 5.10 Å². The first-order chi connectivity index (χ1) is 11.3. The van der Waals surface area contributed by atoms with Crippen LogP contribution in [0.15, 0.2) is 59.4 Å². The number of rotatable bonds is 3. The molecule has 1 aromatic heterocycles. The Hall–Kier alpha value is -2.62. The lowest BCUT2D eigenvalue weighted by Crippen LogP contribution is -2.26. The first-order valence-corrected chi connectivity index (χ1v) is 8.12. The Morgan fingerprint density at radius 1 is 1.09 bits per heavy atom. The largest absolute Gasteiger partial charge is 0.351 e. The summed E-state index contributed by atoms with van der Waals surface area (Å²) in [6.45, 7) is 2.12. The van der Waals surface area contributed by atoms with Gasteiger partial charge in [0.2, 0.25) is 0 Å². The Balaban J connectivity index is 1.77. The maximum atomic E-state index is 12.9. The second-order valence-electron chi connectivity index (χ2n) is 5.97. The lowest BCUT2D eigenvalue weighted by molar-refractivity contribution is 0.588. The number of benzene rings is 2. The van der Waals surface area contributed by atoms with Gasteiger partial charge in [0.25, 0.3) is 0 Å². The minimum Gasteiger partial charge on any atom is -0.271 e. The van der Waals surface area contributed by atoms with Crippen LogP contribution in [-0.2, 0) is 12.8 Å². The molecular weight excluding hydrogens is 286 g/mol. The number of aromatic nitrogens is 3. The van der Waals surface area contributed by atoms with Gasteiger partial charge in [-0.25, -0.2) is 4.79 Å². The third-order valence-electron chi connectivity index (χ3n) is 4.61. The van der Waals surface area contributed by atoms with E-state index in [9.17, 15) is 4.79 Å². The van der Waals surface area contributed by atoms with Crippen LogP contribution in [0.1, 0.15) is 36.3 Å². The predicted molar refractivity (Wildman–Crippen MR) is 90.1 cm³/mol. The molecule has 0 saturated heterocycles. The molecule has 1 atom stereocenters. The molecule has 116 valence electrons. The van der Waals surface area contributed by atoms with E-state index in [4.69, 9.17) is 0 Å². The SMILES string of the molecule is CCc1ccc(-n2nc3n(c2=O)[C@H](c2ccccc2)CC3)cc1. The van der Waals surface area contributed by atoms with Crippen LogP contribution in [0.4, 0.5) is 0 Å². The van der Waals surface area contributed by atoms with Crippen molar-refractivity contribution in [2.24, 2.45) is 0 Å². The van der Waals surface area contributed by atoms with Crippen LogP contribution in [-0.4, -0.2) is 14.3 Å². The third-order valence-corrected chi connectivity index (χ3v) is 4.61. The molecule has 0 unspecified atom stereocenters. The molecule has 0 radical (unpaired) electrons. The number of fused-ring (bicyclic) bond motifs is 1. The van der Waals surface area contributed by atoms with Gasteiger partial charge in [0.1, 0.15) is 5.82 Å². The van der Waals surface area contributed by atoms with E-state index in [1.165, 1.54) is 15.8 Å². The van der Waals surface area contributed by atoms with Crippen LogP contribution >= 0.6 is 0 Å². The molecule has 23 heavy (non-hydrogen) atoms. The van der Waals surface area contributed by atoms with Crippen LogP contribution in [0.3, 0.4) is 0 Å². The molecule has 1 aliphatic heterocycles. The van der Waals surface area contributed by atoms with Crippen molar-refractivity contribution in [2.45, 2.75) is 32.2 Å². The summed E-state index contributed by atoms with van der Waals surface area (Å²) in [5.41, 5.74) is 3.22. The van der Waals surface area contributed by atoms with Gasteiger partial charge in [0.05, 0.1) is 11.7 Å². The summed E-state index contributed by atoms with van der Waals surface area (Å²) in [7, 11) is 0. The highest BCUT2D eigenvalue weighted by Gasteiger charge is 2.29. The van der Waals surface area contributed by atoms with E-state index < -0.39 is 0 Å².